The van der Waals surface area contributed by atoms with E-state index in [0.717, 1.165) is 13.1 Å². The number of nitrogens with zero attached hydrogens (tertiary/aromatic N) is 2. The summed E-state index contributed by atoms with van der Waals surface area (Å²) in [7, 11) is 0. The summed E-state index contributed by atoms with van der Waals surface area (Å²) in [6, 6.07) is 0.416. The molecule has 0 spiro atoms. The Morgan fingerprint density at radius 3 is 2.35 bits per heavy atom. The third kappa shape index (κ3) is 5.04. The van der Waals surface area contributed by atoms with Crippen molar-refractivity contribution in [1.29, 1.82) is 0 Å². The number of carbonyl (C=O) groups is 1. The summed E-state index contributed by atoms with van der Waals surface area (Å²) in [6.07, 6.45) is 2.63. The average molecular weight is 242 g/mol. The highest BCUT2D eigenvalue weighted by Gasteiger charge is 2.19. The first kappa shape index (κ1) is 14.5. The first-order valence-electron chi connectivity index (χ1n) is 6.70. The van der Waals surface area contributed by atoms with E-state index in [-0.39, 0.29) is 5.92 Å². The van der Waals surface area contributed by atoms with Gasteiger partial charge in [0, 0.05) is 25.7 Å². The Morgan fingerprint density at radius 2 is 1.88 bits per heavy atom. The Hall–Kier alpha value is -0.610. The molecule has 1 aliphatic rings. The van der Waals surface area contributed by atoms with Crippen LogP contribution in [0.15, 0.2) is 0 Å². The highest BCUT2D eigenvalue weighted by molar-refractivity contribution is 5.69. The maximum atomic E-state index is 10.9. The predicted molar refractivity (Wildman–Crippen MR) is 69.2 cm³/mol. The zero-order chi connectivity index (χ0) is 12.8. The molecule has 0 aromatic rings. The van der Waals surface area contributed by atoms with Crippen LogP contribution < -0.4 is 0 Å². The highest BCUT2D eigenvalue weighted by atomic mass is 16.4. The minimum Gasteiger partial charge on any atom is -0.481 e. The second-order valence-corrected chi connectivity index (χ2v) is 5.38. The Balaban J connectivity index is 2.34. The molecule has 17 heavy (non-hydrogen) atoms. The van der Waals surface area contributed by atoms with Gasteiger partial charge in [-0.3, -0.25) is 9.69 Å². The van der Waals surface area contributed by atoms with E-state index in [1.807, 2.05) is 0 Å². The van der Waals surface area contributed by atoms with Crippen LogP contribution in [0.2, 0.25) is 0 Å². The summed E-state index contributed by atoms with van der Waals surface area (Å²) in [5.74, 6) is -0.979. The Labute approximate surface area is 105 Å². The largest absolute Gasteiger partial charge is 0.481 e. The lowest BCUT2D eigenvalue weighted by atomic mass is 10.1. The van der Waals surface area contributed by atoms with Crippen LogP contribution in [0.25, 0.3) is 0 Å². The van der Waals surface area contributed by atoms with Crippen LogP contribution in [-0.2, 0) is 4.79 Å². The zero-order valence-electron chi connectivity index (χ0n) is 11.4. The maximum absolute atomic E-state index is 10.9. The summed E-state index contributed by atoms with van der Waals surface area (Å²) in [5, 5.41) is 8.96. The summed E-state index contributed by atoms with van der Waals surface area (Å²) < 4.78 is 0. The third-order valence-corrected chi connectivity index (χ3v) is 3.56. The molecule has 100 valence electrons. The predicted octanol–water partition coefficient (Wildman–Crippen LogP) is 1.51. The van der Waals surface area contributed by atoms with E-state index in [1.165, 1.54) is 25.9 Å². The summed E-state index contributed by atoms with van der Waals surface area (Å²) in [5.41, 5.74) is 0. The minimum absolute atomic E-state index is 0.282. The van der Waals surface area contributed by atoms with E-state index in [9.17, 15) is 4.79 Å². The van der Waals surface area contributed by atoms with Gasteiger partial charge in [0.1, 0.15) is 0 Å². The molecule has 1 atom stereocenters. The lowest BCUT2D eigenvalue weighted by Gasteiger charge is -2.29. The molecule has 1 rings (SSSR count). The van der Waals surface area contributed by atoms with Crippen molar-refractivity contribution in [2.45, 2.75) is 39.7 Å². The molecule has 1 fully saturated rings. The van der Waals surface area contributed by atoms with Crippen LogP contribution in [0.3, 0.4) is 0 Å². The number of hydrogen-bond donors (Lipinski definition) is 1. The van der Waals surface area contributed by atoms with Gasteiger partial charge in [-0.2, -0.15) is 0 Å². The van der Waals surface area contributed by atoms with Crippen LogP contribution >= 0.6 is 0 Å². The van der Waals surface area contributed by atoms with Gasteiger partial charge in [0.15, 0.2) is 0 Å². The number of likely N-dealkylation sites (tertiary alicyclic amines) is 1. The molecule has 1 aliphatic heterocycles. The Kier molecular flexibility index (Phi) is 5.92. The van der Waals surface area contributed by atoms with Crippen molar-refractivity contribution in [1.82, 2.24) is 9.80 Å². The van der Waals surface area contributed by atoms with Gasteiger partial charge in [-0.05, 0) is 39.8 Å². The molecule has 0 aliphatic carbocycles. The molecule has 1 N–H and O–H groups in total. The fraction of sp³-hybridized carbons (Fsp3) is 0.923. The van der Waals surface area contributed by atoms with Gasteiger partial charge in [0.05, 0.1) is 5.92 Å². The highest BCUT2D eigenvalue weighted by Crippen LogP contribution is 2.09. The molecular formula is C13H26N2O2. The average Bonchev–Trinajstić information content (AvgIpc) is 2.75. The van der Waals surface area contributed by atoms with Crippen LogP contribution in [0.5, 0.6) is 0 Å². The Bertz CT molecular complexity index is 238. The van der Waals surface area contributed by atoms with E-state index >= 15 is 0 Å². The van der Waals surface area contributed by atoms with Crippen molar-refractivity contribution < 1.29 is 9.90 Å². The number of carboxylic acid groups (broad SMARTS) is 1. The third-order valence-electron chi connectivity index (χ3n) is 3.56. The van der Waals surface area contributed by atoms with Gasteiger partial charge in [0.25, 0.3) is 0 Å². The molecule has 0 bridgehead atoms. The number of rotatable bonds is 7. The SMILES string of the molecule is CC(CN(CCN1CCCC1)C(C)C)C(=O)O. The van der Waals surface area contributed by atoms with Crippen LogP contribution in [0, 0.1) is 5.92 Å². The maximum Gasteiger partial charge on any atom is 0.307 e. The normalized spacial score (nSPS) is 19.1. The Morgan fingerprint density at radius 1 is 1.29 bits per heavy atom. The lowest BCUT2D eigenvalue weighted by molar-refractivity contribution is -0.141. The van der Waals surface area contributed by atoms with Gasteiger partial charge in [-0.25, -0.2) is 0 Å². The molecule has 1 heterocycles. The molecule has 0 aromatic carbocycles. The molecule has 0 aromatic heterocycles. The molecule has 0 saturated carbocycles. The van der Waals surface area contributed by atoms with Crippen LogP contribution in [-0.4, -0.2) is 59.6 Å². The molecule has 1 saturated heterocycles. The van der Waals surface area contributed by atoms with Gasteiger partial charge in [0.2, 0.25) is 0 Å². The second-order valence-electron chi connectivity index (χ2n) is 5.38. The molecular weight excluding hydrogens is 216 g/mol. The van der Waals surface area contributed by atoms with Gasteiger partial charge in [-0.15, -0.1) is 0 Å². The quantitative estimate of drug-likeness (QED) is 0.735. The molecule has 1 unspecified atom stereocenters. The summed E-state index contributed by atoms with van der Waals surface area (Å²) in [4.78, 5) is 15.6. The molecule has 0 radical (unpaired) electrons. The number of hydrogen-bond acceptors (Lipinski definition) is 3. The molecule has 4 heteroatoms. The minimum atomic E-state index is -0.697. The van der Waals surface area contributed by atoms with Crippen molar-refractivity contribution in [3.8, 4) is 0 Å². The first-order chi connectivity index (χ1) is 8.00. The van der Waals surface area contributed by atoms with Gasteiger partial charge >= 0.3 is 5.97 Å². The van der Waals surface area contributed by atoms with E-state index in [1.54, 1.807) is 6.92 Å². The van der Waals surface area contributed by atoms with Crippen LogP contribution in [0.1, 0.15) is 33.6 Å². The number of aliphatic carboxylic acids is 1. The topological polar surface area (TPSA) is 43.8 Å². The fourth-order valence-corrected chi connectivity index (χ4v) is 2.27. The van der Waals surface area contributed by atoms with Crippen molar-refractivity contribution in [3.63, 3.8) is 0 Å². The van der Waals surface area contributed by atoms with Crippen molar-refractivity contribution in [3.05, 3.63) is 0 Å². The zero-order valence-corrected chi connectivity index (χ0v) is 11.4. The van der Waals surface area contributed by atoms with E-state index in [2.05, 4.69) is 23.6 Å². The standard InChI is InChI=1S/C13H26N2O2/c1-11(2)15(10-12(3)13(16)17)9-8-14-6-4-5-7-14/h11-12H,4-10H2,1-3H3,(H,16,17). The van der Waals surface area contributed by atoms with E-state index in [4.69, 9.17) is 5.11 Å². The summed E-state index contributed by atoms with van der Waals surface area (Å²) in [6.45, 7) is 11.2. The number of carboxylic acids is 1. The van der Waals surface area contributed by atoms with E-state index in [0.29, 0.717) is 12.6 Å². The molecule has 0 amide bonds. The second kappa shape index (κ2) is 6.97. The summed E-state index contributed by atoms with van der Waals surface area (Å²) >= 11 is 0. The van der Waals surface area contributed by atoms with Gasteiger partial charge in [-0.1, -0.05) is 6.92 Å². The van der Waals surface area contributed by atoms with Crippen molar-refractivity contribution >= 4 is 5.97 Å². The fourth-order valence-electron chi connectivity index (χ4n) is 2.27. The monoisotopic (exact) mass is 242 g/mol. The van der Waals surface area contributed by atoms with E-state index < -0.39 is 5.97 Å². The smallest absolute Gasteiger partial charge is 0.307 e. The van der Waals surface area contributed by atoms with Crippen LogP contribution in [0.4, 0.5) is 0 Å². The first-order valence-corrected chi connectivity index (χ1v) is 6.70. The lowest BCUT2D eigenvalue weighted by Crippen LogP contribution is -2.41. The van der Waals surface area contributed by atoms with Crippen molar-refractivity contribution in [2.75, 3.05) is 32.7 Å². The van der Waals surface area contributed by atoms with Crippen molar-refractivity contribution in [2.24, 2.45) is 5.92 Å². The molecule has 4 nitrogen and oxygen atoms in total. The van der Waals surface area contributed by atoms with Gasteiger partial charge < -0.3 is 10.0 Å².